The second-order valence-electron chi connectivity index (χ2n) is 4.57. The molecule has 0 saturated heterocycles. The normalized spacial score (nSPS) is 17.0. The highest BCUT2D eigenvalue weighted by atomic mass is 16.5. The molecule has 9 nitrogen and oxygen atoms in total. The molecule has 3 N–H and O–H groups in total. The average Bonchev–Trinajstić information content (AvgIpc) is 2.92. The number of ether oxygens (including phenoxy) is 1. The van der Waals surface area contributed by atoms with Gasteiger partial charge in [-0.2, -0.15) is 0 Å². The van der Waals surface area contributed by atoms with E-state index < -0.39 is 24.0 Å². The number of urea groups is 1. The van der Waals surface area contributed by atoms with E-state index in [1.807, 2.05) is 0 Å². The highest BCUT2D eigenvalue weighted by Crippen LogP contribution is 2.20. The molecule has 1 unspecified atom stereocenters. The number of hydrogen-bond acceptors (Lipinski definition) is 5. The first-order chi connectivity index (χ1) is 10.0. The predicted octanol–water partition coefficient (Wildman–Crippen LogP) is -0.506. The quantitative estimate of drug-likeness (QED) is 0.643. The van der Waals surface area contributed by atoms with E-state index in [4.69, 9.17) is 0 Å². The Kier molecular flexibility index (Phi) is 4.41. The third-order valence-electron chi connectivity index (χ3n) is 3.28. The van der Waals surface area contributed by atoms with Gasteiger partial charge in [0.25, 0.3) is 0 Å². The highest BCUT2D eigenvalue weighted by Gasteiger charge is 2.35. The van der Waals surface area contributed by atoms with Crippen LogP contribution in [0.15, 0.2) is 6.33 Å². The molecule has 1 aliphatic rings. The average molecular weight is 296 g/mol. The summed E-state index contributed by atoms with van der Waals surface area (Å²) in [6, 6.07) is -1.51. The van der Waals surface area contributed by atoms with Gasteiger partial charge in [0.05, 0.1) is 37.8 Å². The smallest absolute Gasteiger partial charge is 0.326 e. The minimum atomic E-state index is -1.09. The number of aromatic amines is 1. The molecule has 2 rings (SSSR count). The number of nitrogens with zero attached hydrogens (tertiary/aromatic N) is 2. The van der Waals surface area contributed by atoms with Gasteiger partial charge in [-0.25, -0.2) is 14.6 Å². The summed E-state index contributed by atoms with van der Waals surface area (Å²) in [5, 5.41) is 11.8. The van der Waals surface area contributed by atoms with Crippen molar-refractivity contribution in [2.75, 3.05) is 13.7 Å². The fraction of sp³-hybridized carbons (Fsp3) is 0.500. The molecule has 114 valence electrons. The second kappa shape index (κ2) is 6.25. The molecule has 1 aliphatic heterocycles. The van der Waals surface area contributed by atoms with Crippen LogP contribution in [0.4, 0.5) is 4.79 Å². The first-order valence-corrected chi connectivity index (χ1v) is 6.38. The third kappa shape index (κ3) is 3.30. The first-order valence-electron chi connectivity index (χ1n) is 6.38. The van der Waals surface area contributed by atoms with E-state index in [9.17, 15) is 19.5 Å². The summed E-state index contributed by atoms with van der Waals surface area (Å²) in [7, 11) is 1.26. The van der Waals surface area contributed by atoms with Crippen LogP contribution in [0.3, 0.4) is 0 Å². The summed E-state index contributed by atoms with van der Waals surface area (Å²) in [6.45, 7) is 0.223. The van der Waals surface area contributed by atoms with Gasteiger partial charge < -0.3 is 25.0 Å². The van der Waals surface area contributed by atoms with Crippen molar-refractivity contribution in [1.29, 1.82) is 0 Å². The molecule has 0 aromatic carbocycles. The highest BCUT2D eigenvalue weighted by molar-refractivity contribution is 5.83. The Balaban J connectivity index is 2.01. The summed E-state index contributed by atoms with van der Waals surface area (Å²) >= 11 is 0. The Bertz CT molecular complexity index is 556. The number of H-pyrrole nitrogens is 1. The van der Waals surface area contributed by atoms with E-state index in [1.165, 1.54) is 18.3 Å². The lowest BCUT2D eigenvalue weighted by Crippen LogP contribution is -2.52. The van der Waals surface area contributed by atoms with Crippen LogP contribution in [0.5, 0.6) is 0 Å². The van der Waals surface area contributed by atoms with Crippen molar-refractivity contribution >= 4 is 18.0 Å². The van der Waals surface area contributed by atoms with Crippen LogP contribution in [0.1, 0.15) is 17.8 Å². The van der Waals surface area contributed by atoms with E-state index >= 15 is 0 Å². The molecular formula is C12H16N4O5. The molecule has 0 spiro atoms. The number of amides is 2. The lowest BCUT2D eigenvalue weighted by molar-refractivity contribution is -0.143. The summed E-state index contributed by atoms with van der Waals surface area (Å²) in [5.74, 6) is -1.54. The first kappa shape index (κ1) is 14.8. The van der Waals surface area contributed by atoms with Gasteiger partial charge in [0.15, 0.2) is 0 Å². The van der Waals surface area contributed by atoms with Crippen LogP contribution >= 0.6 is 0 Å². The minimum Gasteiger partial charge on any atom is -0.480 e. The van der Waals surface area contributed by atoms with E-state index in [1.54, 1.807) is 0 Å². The molecule has 1 aromatic heterocycles. The zero-order valence-corrected chi connectivity index (χ0v) is 11.5. The molecule has 9 heteroatoms. The topological polar surface area (TPSA) is 125 Å². The molecule has 21 heavy (non-hydrogen) atoms. The Morgan fingerprint density at radius 1 is 1.57 bits per heavy atom. The van der Waals surface area contributed by atoms with Gasteiger partial charge in [0.1, 0.15) is 6.04 Å². The monoisotopic (exact) mass is 296 g/mol. The lowest BCUT2D eigenvalue weighted by Gasteiger charge is -2.32. The van der Waals surface area contributed by atoms with Crippen molar-refractivity contribution in [2.24, 2.45) is 0 Å². The largest absolute Gasteiger partial charge is 0.480 e. The van der Waals surface area contributed by atoms with Crippen molar-refractivity contribution in [2.45, 2.75) is 25.4 Å². The number of esters is 1. The molecule has 0 radical (unpaired) electrons. The van der Waals surface area contributed by atoms with Crippen molar-refractivity contribution < 1.29 is 24.2 Å². The van der Waals surface area contributed by atoms with Crippen LogP contribution in [0.2, 0.25) is 0 Å². The number of nitrogens with one attached hydrogen (secondary N) is 2. The number of carbonyl (C=O) groups is 3. The molecule has 2 heterocycles. The number of carboxylic acids is 1. The number of aliphatic carboxylic acids is 1. The maximum absolute atomic E-state index is 12.1. The summed E-state index contributed by atoms with van der Waals surface area (Å²) in [5.41, 5.74) is 1.37. The number of methoxy groups -OCH3 is 1. The number of carboxylic acid groups (broad SMARTS) is 1. The van der Waals surface area contributed by atoms with Gasteiger partial charge in [0.2, 0.25) is 0 Å². The number of aromatic nitrogens is 2. The predicted molar refractivity (Wildman–Crippen MR) is 69.3 cm³/mol. The van der Waals surface area contributed by atoms with E-state index in [2.05, 4.69) is 20.0 Å². The van der Waals surface area contributed by atoms with Crippen molar-refractivity contribution in [3.63, 3.8) is 0 Å². The van der Waals surface area contributed by atoms with Gasteiger partial charge in [-0.1, -0.05) is 0 Å². The number of rotatable bonds is 4. The molecule has 1 aromatic rings. The van der Waals surface area contributed by atoms with Gasteiger partial charge in [-0.3, -0.25) is 4.79 Å². The molecule has 0 bridgehead atoms. The molecule has 0 saturated carbocycles. The fourth-order valence-electron chi connectivity index (χ4n) is 2.15. The number of carbonyl (C=O) groups excluding carboxylic acids is 2. The molecular weight excluding hydrogens is 280 g/mol. The standard InChI is InChI=1S/C12H16N4O5/c1-21-10(17)2-3-13-12(20)16-5-8-7(14-6-15-8)4-9(16)11(18)19/h6,9H,2-5H2,1H3,(H,13,20)(H,14,15)(H,18,19). The van der Waals surface area contributed by atoms with E-state index in [-0.39, 0.29) is 25.9 Å². The number of fused-ring (bicyclic) bond motifs is 1. The maximum Gasteiger partial charge on any atom is 0.326 e. The molecule has 1 atom stereocenters. The number of imidazole rings is 1. The third-order valence-corrected chi connectivity index (χ3v) is 3.28. The Hall–Kier alpha value is -2.58. The van der Waals surface area contributed by atoms with E-state index in [0.29, 0.717) is 5.69 Å². The fourth-order valence-corrected chi connectivity index (χ4v) is 2.15. The van der Waals surface area contributed by atoms with Gasteiger partial charge in [-0.05, 0) is 0 Å². The molecule has 0 fully saturated rings. The second-order valence-corrected chi connectivity index (χ2v) is 4.57. The van der Waals surface area contributed by atoms with Gasteiger partial charge >= 0.3 is 18.0 Å². The van der Waals surface area contributed by atoms with Crippen LogP contribution in [0.25, 0.3) is 0 Å². The van der Waals surface area contributed by atoms with Crippen LogP contribution in [0, 0.1) is 0 Å². The summed E-state index contributed by atoms with van der Waals surface area (Å²) in [6.07, 6.45) is 1.66. The van der Waals surface area contributed by atoms with Gasteiger partial charge in [-0.15, -0.1) is 0 Å². The van der Waals surface area contributed by atoms with Gasteiger partial charge in [0, 0.05) is 13.0 Å². The van der Waals surface area contributed by atoms with Crippen molar-refractivity contribution in [3.05, 3.63) is 17.7 Å². The summed E-state index contributed by atoms with van der Waals surface area (Å²) in [4.78, 5) is 42.5. The SMILES string of the molecule is COC(=O)CCNC(=O)N1Cc2[nH]cnc2CC1C(=O)O. The zero-order chi connectivity index (χ0) is 15.4. The van der Waals surface area contributed by atoms with Crippen LogP contribution in [-0.4, -0.2) is 57.6 Å². The Morgan fingerprint density at radius 3 is 3.00 bits per heavy atom. The summed E-state index contributed by atoms with van der Waals surface area (Å²) < 4.78 is 4.46. The Labute approximate surface area is 120 Å². The Morgan fingerprint density at radius 2 is 2.33 bits per heavy atom. The van der Waals surface area contributed by atoms with E-state index in [0.717, 1.165) is 5.69 Å². The van der Waals surface area contributed by atoms with Crippen molar-refractivity contribution in [1.82, 2.24) is 20.2 Å². The van der Waals surface area contributed by atoms with Crippen molar-refractivity contribution in [3.8, 4) is 0 Å². The molecule has 2 amide bonds. The maximum atomic E-state index is 12.1. The number of hydrogen-bond donors (Lipinski definition) is 3. The van der Waals surface area contributed by atoms with Crippen LogP contribution < -0.4 is 5.32 Å². The lowest BCUT2D eigenvalue weighted by atomic mass is 10.0. The minimum absolute atomic E-state index is 0.0309. The zero-order valence-electron chi connectivity index (χ0n) is 11.5. The molecule has 0 aliphatic carbocycles. The van der Waals surface area contributed by atoms with Crippen LogP contribution in [-0.2, 0) is 27.3 Å².